The number of para-hydroxylation sites is 2. The molecule has 26 heavy (non-hydrogen) atoms. The van der Waals surface area contributed by atoms with E-state index >= 15 is 0 Å². The maximum Gasteiger partial charge on any atom is 0.248 e. The Balaban J connectivity index is 1.48. The number of amides is 1. The largest absolute Gasteiger partial charge is 0.454 e. The molecule has 134 valence electrons. The fraction of sp³-hybridized carbons (Fsp3) is 0.250. The van der Waals surface area contributed by atoms with E-state index in [0.29, 0.717) is 16.5 Å². The first-order valence-corrected chi connectivity index (χ1v) is 9.01. The van der Waals surface area contributed by atoms with Crippen molar-refractivity contribution in [1.29, 1.82) is 0 Å². The standard InChI is InChI=1S/C20H19ClN2O3/c21-15-11-14(12-18-20(15)26-13-25-18)7-8-19(24)22-16-5-1-2-6-17(16)23-9-3-4-10-23/h1-2,5-8,11-12H,3-4,9-10,13H2,(H,22,24)/b8-7+. The lowest BCUT2D eigenvalue weighted by atomic mass is 10.2. The van der Waals surface area contributed by atoms with Crippen molar-refractivity contribution in [3.05, 3.63) is 53.1 Å². The van der Waals surface area contributed by atoms with Gasteiger partial charge in [0.05, 0.1) is 16.4 Å². The molecule has 0 unspecified atom stereocenters. The van der Waals surface area contributed by atoms with Gasteiger partial charge < -0.3 is 19.7 Å². The Kier molecular flexibility index (Phi) is 4.71. The molecule has 1 amide bonds. The van der Waals surface area contributed by atoms with Crippen molar-refractivity contribution in [3.63, 3.8) is 0 Å². The molecule has 0 aliphatic carbocycles. The Morgan fingerprint density at radius 2 is 1.96 bits per heavy atom. The molecular formula is C20H19ClN2O3. The lowest BCUT2D eigenvalue weighted by Gasteiger charge is -2.21. The van der Waals surface area contributed by atoms with Crippen molar-refractivity contribution < 1.29 is 14.3 Å². The van der Waals surface area contributed by atoms with E-state index < -0.39 is 0 Å². The summed E-state index contributed by atoms with van der Waals surface area (Å²) in [5, 5.41) is 3.44. The summed E-state index contributed by atoms with van der Waals surface area (Å²) < 4.78 is 10.6. The highest BCUT2D eigenvalue weighted by Crippen LogP contribution is 2.40. The van der Waals surface area contributed by atoms with Crippen LogP contribution in [0.5, 0.6) is 11.5 Å². The van der Waals surface area contributed by atoms with Crippen molar-refractivity contribution in [1.82, 2.24) is 0 Å². The van der Waals surface area contributed by atoms with Crippen LogP contribution in [0.4, 0.5) is 11.4 Å². The van der Waals surface area contributed by atoms with Gasteiger partial charge in [-0.25, -0.2) is 0 Å². The van der Waals surface area contributed by atoms with Crippen molar-refractivity contribution in [2.24, 2.45) is 0 Å². The second-order valence-electron chi connectivity index (χ2n) is 6.27. The molecule has 2 aliphatic heterocycles. The Morgan fingerprint density at radius 3 is 2.81 bits per heavy atom. The zero-order chi connectivity index (χ0) is 17.9. The van der Waals surface area contributed by atoms with Gasteiger partial charge in [-0.3, -0.25) is 4.79 Å². The van der Waals surface area contributed by atoms with Crippen LogP contribution in [0.25, 0.3) is 6.08 Å². The van der Waals surface area contributed by atoms with Gasteiger partial charge in [0.15, 0.2) is 11.5 Å². The predicted molar refractivity (Wildman–Crippen MR) is 103 cm³/mol. The SMILES string of the molecule is O=C(/C=C/c1cc(Cl)c2c(c1)OCO2)Nc1ccccc1N1CCCC1. The number of benzene rings is 2. The normalized spacial score (nSPS) is 15.7. The molecule has 0 bridgehead atoms. The third-order valence-corrected chi connectivity index (χ3v) is 4.77. The van der Waals surface area contributed by atoms with Crippen LogP contribution in [0.1, 0.15) is 18.4 Å². The van der Waals surface area contributed by atoms with Gasteiger partial charge in [-0.1, -0.05) is 23.7 Å². The predicted octanol–water partition coefficient (Wildman–Crippen LogP) is 4.32. The molecule has 1 saturated heterocycles. The topological polar surface area (TPSA) is 50.8 Å². The smallest absolute Gasteiger partial charge is 0.248 e. The highest BCUT2D eigenvalue weighted by Gasteiger charge is 2.18. The fourth-order valence-electron chi connectivity index (χ4n) is 3.24. The van der Waals surface area contributed by atoms with Gasteiger partial charge in [-0.15, -0.1) is 0 Å². The van der Waals surface area contributed by atoms with Crippen LogP contribution in [0.3, 0.4) is 0 Å². The summed E-state index contributed by atoms with van der Waals surface area (Å²) >= 11 is 6.17. The highest BCUT2D eigenvalue weighted by molar-refractivity contribution is 6.32. The molecule has 6 heteroatoms. The van der Waals surface area contributed by atoms with Gasteiger partial charge in [-0.05, 0) is 48.7 Å². The minimum absolute atomic E-state index is 0.163. The first kappa shape index (κ1) is 16.8. The third-order valence-electron chi connectivity index (χ3n) is 4.49. The second-order valence-corrected chi connectivity index (χ2v) is 6.68. The van der Waals surface area contributed by atoms with Crippen molar-refractivity contribution in [2.75, 3.05) is 30.1 Å². The fourth-order valence-corrected chi connectivity index (χ4v) is 3.52. The van der Waals surface area contributed by atoms with Crippen molar-refractivity contribution in [2.45, 2.75) is 12.8 Å². The zero-order valence-corrected chi connectivity index (χ0v) is 15.0. The summed E-state index contributed by atoms with van der Waals surface area (Å²) in [5.41, 5.74) is 2.67. The average molecular weight is 371 g/mol. The number of carbonyl (C=O) groups is 1. The summed E-state index contributed by atoms with van der Waals surface area (Å²) in [6, 6.07) is 11.4. The van der Waals surface area contributed by atoms with E-state index in [2.05, 4.69) is 10.2 Å². The Morgan fingerprint density at radius 1 is 1.15 bits per heavy atom. The number of hydrogen-bond donors (Lipinski definition) is 1. The van der Waals surface area contributed by atoms with Gasteiger partial charge in [0.25, 0.3) is 0 Å². The van der Waals surface area contributed by atoms with E-state index in [1.54, 1.807) is 18.2 Å². The molecule has 4 rings (SSSR count). The highest BCUT2D eigenvalue weighted by atomic mass is 35.5. The van der Waals surface area contributed by atoms with E-state index in [1.807, 2.05) is 24.3 Å². The average Bonchev–Trinajstić information content (AvgIpc) is 3.32. The maximum atomic E-state index is 12.4. The number of ether oxygens (including phenoxy) is 2. The van der Waals surface area contributed by atoms with E-state index in [4.69, 9.17) is 21.1 Å². The summed E-state index contributed by atoms with van der Waals surface area (Å²) in [6.45, 7) is 2.22. The summed E-state index contributed by atoms with van der Waals surface area (Å²) in [5.74, 6) is 0.954. The summed E-state index contributed by atoms with van der Waals surface area (Å²) in [4.78, 5) is 14.7. The number of fused-ring (bicyclic) bond motifs is 1. The third kappa shape index (κ3) is 3.48. The van der Waals surface area contributed by atoms with Gasteiger partial charge in [0.2, 0.25) is 12.7 Å². The maximum absolute atomic E-state index is 12.4. The van der Waals surface area contributed by atoms with Gasteiger partial charge in [0.1, 0.15) is 0 Å². The van der Waals surface area contributed by atoms with E-state index in [0.717, 1.165) is 30.0 Å². The van der Waals surface area contributed by atoms with Crippen LogP contribution in [0, 0.1) is 0 Å². The van der Waals surface area contributed by atoms with Gasteiger partial charge >= 0.3 is 0 Å². The van der Waals surface area contributed by atoms with Crippen LogP contribution in [-0.2, 0) is 4.79 Å². The minimum Gasteiger partial charge on any atom is -0.454 e. The summed E-state index contributed by atoms with van der Waals surface area (Å²) in [6.07, 6.45) is 5.58. The Labute approximate surface area is 157 Å². The van der Waals surface area contributed by atoms with Gasteiger partial charge in [-0.2, -0.15) is 0 Å². The summed E-state index contributed by atoms with van der Waals surface area (Å²) in [7, 11) is 0. The first-order valence-electron chi connectivity index (χ1n) is 8.63. The molecule has 0 radical (unpaired) electrons. The van der Waals surface area contributed by atoms with Crippen LogP contribution in [0.2, 0.25) is 5.02 Å². The molecule has 2 aromatic carbocycles. The number of anilines is 2. The molecule has 2 aliphatic rings. The second kappa shape index (κ2) is 7.30. The monoisotopic (exact) mass is 370 g/mol. The number of nitrogens with one attached hydrogen (secondary N) is 1. The number of rotatable bonds is 4. The molecule has 5 nitrogen and oxygen atoms in total. The molecule has 0 atom stereocenters. The quantitative estimate of drug-likeness (QED) is 0.814. The van der Waals surface area contributed by atoms with Gasteiger partial charge in [0, 0.05) is 19.2 Å². The zero-order valence-electron chi connectivity index (χ0n) is 14.2. The Hall–Kier alpha value is -2.66. The van der Waals surface area contributed by atoms with Crippen LogP contribution in [-0.4, -0.2) is 25.8 Å². The van der Waals surface area contributed by atoms with Crippen molar-refractivity contribution >= 4 is 35.0 Å². The number of halogens is 1. The molecular weight excluding hydrogens is 352 g/mol. The van der Waals surface area contributed by atoms with E-state index in [-0.39, 0.29) is 12.7 Å². The number of hydrogen-bond acceptors (Lipinski definition) is 4. The molecule has 1 fully saturated rings. The molecule has 2 heterocycles. The number of nitrogens with zero attached hydrogens (tertiary/aromatic N) is 1. The lowest BCUT2D eigenvalue weighted by Crippen LogP contribution is -2.20. The van der Waals surface area contributed by atoms with Crippen LogP contribution >= 0.6 is 11.6 Å². The first-order chi connectivity index (χ1) is 12.7. The molecule has 1 N–H and O–H groups in total. The molecule has 0 aromatic heterocycles. The van der Waals surface area contributed by atoms with Crippen molar-refractivity contribution in [3.8, 4) is 11.5 Å². The molecule has 0 spiro atoms. The lowest BCUT2D eigenvalue weighted by molar-refractivity contribution is -0.111. The van der Waals surface area contributed by atoms with Crippen LogP contribution in [0.15, 0.2) is 42.5 Å². The van der Waals surface area contributed by atoms with Crippen LogP contribution < -0.4 is 19.7 Å². The molecule has 0 saturated carbocycles. The molecule has 2 aromatic rings. The number of carbonyl (C=O) groups excluding carboxylic acids is 1. The van der Waals surface area contributed by atoms with E-state index in [9.17, 15) is 4.79 Å². The minimum atomic E-state index is -0.189. The van der Waals surface area contributed by atoms with E-state index in [1.165, 1.54) is 18.9 Å². The Bertz CT molecular complexity index is 860.